The fraction of sp³-hybridized carbons (Fsp3) is 0.300. The molecule has 0 aromatic heterocycles. The minimum absolute atomic E-state index is 0.302. The Hall–Kier alpha value is -2.53. The van der Waals surface area contributed by atoms with Crippen molar-refractivity contribution in [1.82, 2.24) is 0 Å². The molecule has 0 saturated heterocycles. The summed E-state index contributed by atoms with van der Waals surface area (Å²) in [5.41, 5.74) is 2.51. The Bertz CT molecular complexity index is 907. The number of rotatable bonds is 2. The third-order valence-corrected chi connectivity index (χ3v) is 5.59. The van der Waals surface area contributed by atoms with E-state index in [0.29, 0.717) is 22.9 Å². The first-order valence-corrected chi connectivity index (χ1v) is 8.68. The number of esters is 2. The molecule has 134 valence electrons. The lowest BCUT2D eigenvalue weighted by Crippen LogP contribution is -2.42. The highest BCUT2D eigenvalue weighted by atomic mass is 35.5. The van der Waals surface area contributed by atoms with Crippen molar-refractivity contribution in [3.63, 3.8) is 0 Å². The van der Waals surface area contributed by atoms with Crippen molar-refractivity contribution >= 4 is 23.5 Å². The summed E-state index contributed by atoms with van der Waals surface area (Å²) in [4.78, 5) is 25.2. The zero-order valence-corrected chi connectivity index (χ0v) is 15.1. The van der Waals surface area contributed by atoms with Crippen LogP contribution in [-0.4, -0.2) is 26.2 Å². The van der Waals surface area contributed by atoms with Crippen LogP contribution in [0.3, 0.4) is 0 Å². The highest BCUT2D eigenvalue weighted by Gasteiger charge is 2.50. The molecule has 26 heavy (non-hydrogen) atoms. The highest BCUT2D eigenvalue weighted by molar-refractivity contribution is 6.31. The van der Waals surface area contributed by atoms with Crippen LogP contribution in [0.25, 0.3) is 0 Å². The lowest BCUT2D eigenvalue weighted by Gasteiger charge is -2.40. The Kier molecular flexibility index (Phi) is 4.11. The number of methoxy groups -OCH3 is 2. The van der Waals surface area contributed by atoms with Gasteiger partial charge in [-0.05, 0) is 30.2 Å². The van der Waals surface area contributed by atoms with Crippen LogP contribution in [0.1, 0.15) is 22.6 Å². The van der Waals surface area contributed by atoms with Crippen molar-refractivity contribution in [1.29, 1.82) is 0 Å². The van der Waals surface area contributed by atoms with Gasteiger partial charge in [0.05, 0.1) is 26.1 Å². The van der Waals surface area contributed by atoms with Gasteiger partial charge in [0.15, 0.2) is 0 Å². The fourth-order valence-electron chi connectivity index (χ4n) is 4.13. The average Bonchev–Trinajstić information content (AvgIpc) is 2.68. The second-order valence-electron chi connectivity index (χ2n) is 6.44. The molecule has 1 aliphatic heterocycles. The van der Waals surface area contributed by atoms with Gasteiger partial charge in [-0.3, -0.25) is 9.59 Å². The van der Waals surface area contributed by atoms with Crippen LogP contribution < -0.4 is 4.74 Å². The summed E-state index contributed by atoms with van der Waals surface area (Å²) in [7, 11) is 2.65. The maximum Gasteiger partial charge on any atom is 0.310 e. The van der Waals surface area contributed by atoms with Crippen LogP contribution in [-0.2, 0) is 25.5 Å². The van der Waals surface area contributed by atoms with E-state index in [9.17, 15) is 9.59 Å². The molecule has 0 amide bonds. The van der Waals surface area contributed by atoms with Crippen molar-refractivity contribution in [2.45, 2.75) is 12.3 Å². The summed E-state index contributed by atoms with van der Waals surface area (Å²) in [6, 6.07) is 11.1. The Morgan fingerprint density at radius 3 is 2.50 bits per heavy atom. The van der Waals surface area contributed by atoms with Crippen LogP contribution in [0.2, 0.25) is 5.02 Å². The Labute approximate surface area is 155 Å². The summed E-state index contributed by atoms with van der Waals surface area (Å²) in [6.07, 6.45) is 0.302. The van der Waals surface area contributed by atoms with Gasteiger partial charge >= 0.3 is 11.9 Å². The Morgan fingerprint density at radius 1 is 1.04 bits per heavy atom. The highest BCUT2D eigenvalue weighted by Crippen LogP contribution is 2.55. The molecule has 2 aromatic carbocycles. The summed E-state index contributed by atoms with van der Waals surface area (Å²) < 4.78 is 16.1. The second kappa shape index (κ2) is 6.32. The molecule has 0 N–H and O–H groups in total. The van der Waals surface area contributed by atoms with E-state index in [1.54, 1.807) is 12.1 Å². The number of benzene rings is 2. The van der Waals surface area contributed by atoms with Gasteiger partial charge < -0.3 is 14.2 Å². The van der Waals surface area contributed by atoms with E-state index in [1.807, 2.05) is 24.3 Å². The molecular weight excluding hydrogens is 356 g/mol. The molecule has 1 heterocycles. The van der Waals surface area contributed by atoms with Crippen LogP contribution in [0.5, 0.6) is 11.5 Å². The summed E-state index contributed by atoms with van der Waals surface area (Å²) in [5, 5.41) is 0.550. The maximum atomic E-state index is 12.7. The molecule has 6 heteroatoms. The molecule has 1 aliphatic carbocycles. The lowest BCUT2D eigenvalue weighted by atomic mass is 9.65. The van der Waals surface area contributed by atoms with Crippen molar-refractivity contribution in [2.75, 3.05) is 14.2 Å². The predicted molar refractivity (Wildman–Crippen MR) is 94.5 cm³/mol. The first-order valence-electron chi connectivity index (χ1n) is 8.30. The zero-order chi connectivity index (χ0) is 18.4. The Balaban J connectivity index is 2.00. The van der Waals surface area contributed by atoms with E-state index in [2.05, 4.69) is 0 Å². The van der Waals surface area contributed by atoms with Gasteiger partial charge in [-0.1, -0.05) is 29.8 Å². The molecule has 4 rings (SSSR count). The first-order chi connectivity index (χ1) is 12.6. The van der Waals surface area contributed by atoms with Crippen LogP contribution in [0.4, 0.5) is 0 Å². The number of halogens is 1. The summed E-state index contributed by atoms with van der Waals surface area (Å²) in [5.74, 6) is -1.33. The van der Waals surface area contributed by atoms with E-state index < -0.39 is 23.8 Å². The van der Waals surface area contributed by atoms with Crippen LogP contribution in [0, 0.1) is 11.8 Å². The molecule has 0 bridgehead atoms. The molecular formula is C20H17ClO5. The van der Waals surface area contributed by atoms with Crippen LogP contribution >= 0.6 is 11.6 Å². The molecule has 0 unspecified atom stereocenters. The van der Waals surface area contributed by atoms with Gasteiger partial charge in [0.25, 0.3) is 0 Å². The number of hydrogen-bond donors (Lipinski definition) is 0. The average molecular weight is 373 g/mol. The van der Waals surface area contributed by atoms with E-state index >= 15 is 0 Å². The maximum absolute atomic E-state index is 12.7. The number of para-hydroxylation sites is 1. The molecule has 0 radical (unpaired) electrons. The standard InChI is InChI=1S/C20H17ClO5/c1-24-19(22)12-9-11-13(21)7-8-15-16(11)17(18(12)20(23)25-2)10-5-3-4-6-14(10)26-15/h3-8,12,17-18H,9H2,1-2H3/t12-,17-,18+/m0/s1. The van der Waals surface area contributed by atoms with Gasteiger partial charge in [0.2, 0.25) is 0 Å². The number of fused-ring (bicyclic) bond motifs is 2. The van der Waals surface area contributed by atoms with E-state index in [-0.39, 0.29) is 5.92 Å². The minimum atomic E-state index is -0.706. The summed E-state index contributed by atoms with van der Waals surface area (Å²) >= 11 is 6.44. The third kappa shape index (κ3) is 2.38. The molecule has 0 fully saturated rings. The van der Waals surface area contributed by atoms with Gasteiger partial charge in [0.1, 0.15) is 11.5 Å². The smallest absolute Gasteiger partial charge is 0.310 e. The fourth-order valence-corrected chi connectivity index (χ4v) is 4.37. The van der Waals surface area contributed by atoms with E-state index in [1.165, 1.54) is 14.2 Å². The number of carbonyl (C=O) groups excluding carboxylic acids is 2. The summed E-state index contributed by atoms with van der Waals surface area (Å²) in [6.45, 7) is 0. The molecule has 3 atom stereocenters. The van der Waals surface area contributed by atoms with Crippen molar-refractivity contribution < 1.29 is 23.8 Å². The SMILES string of the molecule is COC(=O)[C@H]1[C@H]2c3ccccc3Oc3ccc(Cl)c(c32)C[C@@H]1C(=O)OC. The largest absolute Gasteiger partial charge is 0.469 e. The quantitative estimate of drug-likeness (QED) is 0.752. The molecule has 5 nitrogen and oxygen atoms in total. The first kappa shape index (κ1) is 16.9. The third-order valence-electron chi connectivity index (χ3n) is 5.24. The molecule has 2 aromatic rings. The number of hydrogen-bond acceptors (Lipinski definition) is 5. The van der Waals surface area contributed by atoms with Crippen molar-refractivity contribution in [3.8, 4) is 11.5 Å². The molecule has 0 saturated carbocycles. The van der Waals surface area contributed by atoms with Gasteiger partial charge in [0, 0.05) is 22.1 Å². The molecule has 0 spiro atoms. The van der Waals surface area contributed by atoms with E-state index in [4.69, 9.17) is 25.8 Å². The minimum Gasteiger partial charge on any atom is -0.469 e. The molecule has 2 aliphatic rings. The zero-order valence-electron chi connectivity index (χ0n) is 14.3. The number of carbonyl (C=O) groups is 2. The second-order valence-corrected chi connectivity index (χ2v) is 6.85. The van der Waals surface area contributed by atoms with Gasteiger partial charge in [-0.25, -0.2) is 0 Å². The lowest BCUT2D eigenvalue weighted by molar-refractivity contribution is -0.158. The number of ether oxygens (including phenoxy) is 3. The van der Waals surface area contributed by atoms with Gasteiger partial charge in [-0.2, -0.15) is 0 Å². The Morgan fingerprint density at radius 2 is 1.77 bits per heavy atom. The van der Waals surface area contributed by atoms with Crippen molar-refractivity contribution in [3.05, 3.63) is 58.1 Å². The predicted octanol–water partition coefficient (Wildman–Crippen LogP) is 3.71. The van der Waals surface area contributed by atoms with Gasteiger partial charge in [-0.15, -0.1) is 0 Å². The topological polar surface area (TPSA) is 61.8 Å². The normalized spacial score (nSPS) is 22.5. The van der Waals surface area contributed by atoms with E-state index in [0.717, 1.165) is 16.7 Å². The van der Waals surface area contributed by atoms with Crippen molar-refractivity contribution in [2.24, 2.45) is 11.8 Å². The van der Waals surface area contributed by atoms with Crippen LogP contribution in [0.15, 0.2) is 36.4 Å². The monoisotopic (exact) mass is 372 g/mol.